The maximum absolute atomic E-state index is 12.5. The van der Waals surface area contributed by atoms with Crippen LogP contribution in [-0.4, -0.2) is 23.8 Å². The van der Waals surface area contributed by atoms with E-state index in [1.165, 1.54) is 12.1 Å². The van der Waals surface area contributed by atoms with Gasteiger partial charge >= 0.3 is 6.18 Å². The van der Waals surface area contributed by atoms with E-state index in [9.17, 15) is 27.6 Å². The summed E-state index contributed by atoms with van der Waals surface area (Å²) in [6.45, 7) is 1.62. The summed E-state index contributed by atoms with van der Waals surface area (Å²) in [5, 5.41) is 2.08. The number of nitrogens with two attached hydrogens (primary N) is 2. The lowest BCUT2D eigenvalue weighted by molar-refractivity contribution is -0.137. The van der Waals surface area contributed by atoms with E-state index in [1.807, 2.05) is 0 Å². The van der Waals surface area contributed by atoms with Crippen molar-refractivity contribution in [1.82, 2.24) is 5.32 Å². The number of hydrogen-bond donors (Lipinski definition) is 3. The Bertz CT molecular complexity index is 586. The highest BCUT2D eigenvalue weighted by atomic mass is 19.4. The molecular weight excluding hydrogens is 315 g/mol. The topological polar surface area (TPSA) is 115 Å². The molecule has 0 unspecified atom stereocenters. The molecule has 0 heterocycles. The Kier molecular flexibility index (Phi) is 5.72. The quantitative estimate of drug-likeness (QED) is 0.665. The third kappa shape index (κ3) is 5.28. The minimum absolute atomic E-state index is 0.150. The lowest BCUT2D eigenvalue weighted by Gasteiger charge is -2.16. The SMILES string of the molecule is C[C@@H](CC(=O)NC(C(N)=O)C(N)=O)c1ccc(C(F)(F)F)cc1. The first-order valence-electron chi connectivity index (χ1n) is 6.57. The Morgan fingerprint density at radius 1 is 1.09 bits per heavy atom. The largest absolute Gasteiger partial charge is 0.416 e. The van der Waals surface area contributed by atoms with Gasteiger partial charge in [-0.25, -0.2) is 0 Å². The van der Waals surface area contributed by atoms with Crippen molar-refractivity contribution in [2.24, 2.45) is 11.5 Å². The fourth-order valence-electron chi connectivity index (χ4n) is 1.90. The molecule has 5 N–H and O–H groups in total. The number of benzene rings is 1. The highest BCUT2D eigenvalue weighted by Crippen LogP contribution is 2.30. The van der Waals surface area contributed by atoms with Crippen LogP contribution in [0.25, 0.3) is 0 Å². The van der Waals surface area contributed by atoms with Crippen LogP contribution in [0.15, 0.2) is 24.3 Å². The fraction of sp³-hybridized carbons (Fsp3) is 0.357. The van der Waals surface area contributed by atoms with Crippen LogP contribution in [0.5, 0.6) is 0 Å². The summed E-state index contributed by atoms with van der Waals surface area (Å²) in [7, 11) is 0. The predicted molar refractivity (Wildman–Crippen MR) is 74.8 cm³/mol. The van der Waals surface area contributed by atoms with Crippen molar-refractivity contribution in [1.29, 1.82) is 0 Å². The lowest BCUT2D eigenvalue weighted by atomic mass is 9.96. The number of amides is 3. The van der Waals surface area contributed by atoms with Gasteiger partial charge in [0.1, 0.15) is 0 Å². The van der Waals surface area contributed by atoms with Crippen molar-refractivity contribution in [3.8, 4) is 0 Å². The van der Waals surface area contributed by atoms with Crippen molar-refractivity contribution in [3.05, 3.63) is 35.4 Å². The van der Waals surface area contributed by atoms with Gasteiger partial charge in [-0.3, -0.25) is 14.4 Å². The molecule has 23 heavy (non-hydrogen) atoms. The molecule has 0 aliphatic heterocycles. The Hall–Kier alpha value is -2.58. The van der Waals surface area contributed by atoms with E-state index in [1.54, 1.807) is 6.92 Å². The molecule has 1 rings (SSSR count). The molecule has 0 saturated heterocycles. The van der Waals surface area contributed by atoms with Gasteiger partial charge in [0.05, 0.1) is 5.56 Å². The maximum Gasteiger partial charge on any atom is 0.416 e. The summed E-state index contributed by atoms with van der Waals surface area (Å²) in [5.74, 6) is -3.28. The number of alkyl halides is 3. The molecule has 0 aliphatic rings. The second kappa shape index (κ2) is 7.12. The summed E-state index contributed by atoms with van der Waals surface area (Å²) < 4.78 is 37.4. The Balaban J connectivity index is 2.72. The highest BCUT2D eigenvalue weighted by Gasteiger charge is 2.30. The number of primary amides is 2. The molecule has 1 atom stereocenters. The molecule has 1 aromatic rings. The molecule has 126 valence electrons. The average molecular weight is 331 g/mol. The smallest absolute Gasteiger partial charge is 0.367 e. The molecule has 0 aromatic heterocycles. The number of nitrogens with one attached hydrogen (secondary N) is 1. The number of halogens is 3. The monoisotopic (exact) mass is 331 g/mol. The normalized spacial score (nSPS) is 12.7. The second-order valence-corrected chi connectivity index (χ2v) is 5.03. The van der Waals surface area contributed by atoms with Crippen LogP contribution < -0.4 is 16.8 Å². The Labute approximate surface area is 130 Å². The third-order valence-electron chi connectivity index (χ3n) is 3.17. The van der Waals surface area contributed by atoms with Crippen LogP contribution in [-0.2, 0) is 20.6 Å². The van der Waals surface area contributed by atoms with Gasteiger partial charge < -0.3 is 16.8 Å². The molecular formula is C14H16F3N3O3. The van der Waals surface area contributed by atoms with E-state index in [-0.39, 0.29) is 6.42 Å². The van der Waals surface area contributed by atoms with Gasteiger partial charge in [-0.15, -0.1) is 0 Å². The van der Waals surface area contributed by atoms with Gasteiger partial charge in [-0.2, -0.15) is 13.2 Å². The van der Waals surface area contributed by atoms with Crippen LogP contribution in [0.1, 0.15) is 30.4 Å². The van der Waals surface area contributed by atoms with Gasteiger partial charge in [0.2, 0.25) is 17.7 Å². The standard InChI is InChI=1S/C14H16F3N3O3/c1-7(6-10(21)20-11(12(18)22)13(19)23)8-2-4-9(5-3-8)14(15,16)17/h2-5,7,11H,6H2,1H3,(H2,18,22)(H2,19,23)(H,20,21)/t7-/m0/s1. The third-order valence-corrected chi connectivity index (χ3v) is 3.17. The Morgan fingerprint density at radius 2 is 1.57 bits per heavy atom. The summed E-state index contributed by atoms with van der Waals surface area (Å²) in [6, 6.07) is 2.74. The molecule has 9 heteroatoms. The average Bonchev–Trinajstić information content (AvgIpc) is 2.43. The molecule has 0 saturated carbocycles. The summed E-state index contributed by atoms with van der Waals surface area (Å²) in [4.78, 5) is 33.7. The molecule has 0 fully saturated rings. The molecule has 0 spiro atoms. The van der Waals surface area contributed by atoms with E-state index in [4.69, 9.17) is 11.5 Å². The van der Waals surface area contributed by atoms with Crippen LogP contribution in [0, 0.1) is 0 Å². The van der Waals surface area contributed by atoms with Gasteiger partial charge in [0, 0.05) is 6.42 Å². The molecule has 0 aliphatic carbocycles. The van der Waals surface area contributed by atoms with E-state index in [0.717, 1.165) is 12.1 Å². The summed E-state index contributed by atoms with van der Waals surface area (Å²) in [6.07, 6.45) is -4.59. The van der Waals surface area contributed by atoms with Crippen molar-refractivity contribution in [2.45, 2.75) is 31.5 Å². The zero-order chi connectivity index (χ0) is 17.8. The van der Waals surface area contributed by atoms with E-state index in [0.29, 0.717) is 5.56 Å². The number of hydrogen-bond acceptors (Lipinski definition) is 3. The Morgan fingerprint density at radius 3 is 1.96 bits per heavy atom. The first kappa shape index (κ1) is 18.5. The minimum atomic E-state index is -4.44. The van der Waals surface area contributed by atoms with E-state index >= 15 is 0 Å². The highest BCUT2D eigenvalue weighted by molar-refractivity contribution is 6.05. The van der Waals surface area contributed by atoms with Crippen molar-refractivity contribution in [3.63, 3.8) is 0 Å². The zero-order valence-electron chi connectivity index (χ0n) is 12.2. The van der Waals surface area contributed by atoms with E-state index in [2.05, 4.69) is 5.32 Å². The summed E-state index contributed by atoms with van der Waals surface area (Å²) in [5.41, 5.74) is 9.56. The summed E-state index contributed by atoms with van der Waals surface area (Å²) >= 11 is 0. The number of carbonyl (C=O) groups excluding carboxylic acids is 3. The van der Waals surface area contributed by atoms with Crippen LogP contribution in [0.2, 0.25) is 0 Å². The van der Waals surface area contributed by atoms with Gasteiger partial charge in [-0.1, -0.05) is 19.1 Å². The van der Waals surface area contributed by atoms with Crippen molar-refractivity contribution in [2.75, 3.05) is 0 Å². The lowest BCUT2D eigenvalue weighted by Crippen LogP contribution is -2.52. The van der Waals surface area contributed by atoms with Gasteiger partial charge in [0.25, 0.3) is 0 Å². The predicted octanol–water partition coefficient (Wildman–Crippen LogP) is 0.654. The number of rotatable bonds is 6. The second-order valence-electron chi connectivity index (χ2n) is 5.03. The fourth-order valence-corrected chi connectivity index (χ4v) is 1.90. The van der Waals surface area contributed by atoms with E-state index < -0.39 is 41.4 Å². The van der Waals surface area contributed by atoms with Crippen molar-refractivity contribution >= 4 is 17.7 Å². The first-order valence-corrected chi connectivity index (χ1v) is 6.57. The number of carbonyl (C=O) groups is 3. The molecule has 1 aromatic carbocycles. The van der Waals surface area contributed by atoms with Crippen LogP contribution in [0.4, 0.5) is 13.2 Å². The van der Waals surface area contributed by atoms with Crippen molar-refractivity contribution < 1.29 is 27.6 Å². The zero-order valence-corrected chi connectivity index (χ0v) is 12.2. The minimum Gasteiger partial charge on any atom is -0.367 e. The molecule has 6 nitrogen and oxygen atoms in total. The van der Waals surface area contributed by atoms with Crippen LogP contribution >= 0.6 is 0 Å². The van der Waals surface area contributed by atoms with Crippen LogP contribution in [0.3, 0.4) is 0 Å². The molecule has 3 amide bonds. The van der Waals surface area contributed by atoms with Gasteiger partial charge in [-0.05, 0) is 23.6 Å². The van der Waals surface area contributed by atoms with Gasteiger partial charge in [0.15, 0.2) is 6.04 Å². The molecule has 0 radical (unpaired) electrons. The first-order chi connectivity index (χ1) is 10.5. The molecule has 0 bridgehead atoms. The maximum atomic E-state index is 12.5.